The van der Waals surface area contributed by atoms with Gasteiger partial charge in [0, 0.05) is 6.04 Å². The van der Waals surface area contributed by atoms with Crippen LogP contribution < -0.4 is 5.73 Å². The summed E-state index contributed by atoms with van der Waals surface area (Å²) in [5.74, 6) is 1.49. The van der Waals surface area contributed by atoms with Crippen LogP contribution in [0.1, 0.15) is 53.4 Å². The fraction of sp³-hybridized carbons (Fsp3) is 1.00. The quantitative estimate of drug-likeness (QED) is 0.610. The lowest BCUT2D eigenvalue weighted by Crippen LogP contribution is -2.25. The van der Waals surface area contributed by atoms with Crippen molar-refractivity contribution in [3.63, 3.8) is 0 Å². The molecule has 0 spiro atoms. The van der Waals surface area contributed by atoms with Gasteiger partial charge in [-0.25, -0.2) is 0 Å². The van der Waals surface area contributed by atoms with Gasteiger partial charge in [-0.3, -0.25) is 0 Å². The molecule has 0 aliphatic heterocycles. The van der Waals surface area contributed by atoms with Gasteiger partial charge in [-0.2, -0.15) is 0 Å². The summed E-state index contributed by atoms with van der Waals surface area (Å²) in [7, 11) is 0. The number of hydrogen-bond acceptors (Lipinski definition) is 1. The highest BCUT2D eigenvalue weighted by atomic mass is 14.6. The van der Waals surface area contributed by atoms with Gasteiger partial charge in [0.2, 0.25) is 0 Å². The molecule has 0 rings (SSSR count). The summed E-state index contributed by atoms with van der Waals surface area (Å²) in [5, 5.41) is 0. The van der Waals surface area contributed by atoms with E-state index in [9.17, 15) is 0 Å². The average molecular weight is 171 g/mol. The lowest BCUT2D eigenvalue weighted by atomic mass is 9.97. The third kappa shape index (κ3) is 6.66. The zero-order valence-electron chi connectivity index (χ0n) is 9.14. The third-order valence-corrected chi connectivity index (χ3v) is 2.43. The van der Waals surface area contributed by atoms with E-state index in [2.05, 4.69) is 27.7 Å². The molecule has 0 bridgehead atoms. The summed E-state index contributed by atoms with van der Waals surface area (Å²) in [6, 6.07) is 0.414. The first-order valence-corrected chi connectivity index (χ1v) is 5.29. The predicted octanol–water partition coefficient (Wildman–Crippen LogP) is 3.19. The third-order valence-electron chi connectivity index (χ3n) is 2.43. The molecule has 74 valence electrons. The summed E-state index contributed by atoms with van der Waals surface area (Å²) in [4.78, 5) is 0. The van der Waals surface area contributed by atoms with Crippen LogP contribution in [0.2, 0.25) is 0 Å². The van der Waals surface area contributed by atoms with E-state index < -0.39 is 0 Å². The minimum atomic E-state index is 0.414. The monoisotopic (exact) mass is 171 g/mol. The largest absolute Gasteiger partial charge is 0.327 e. The summed E-state index contributed by atoms with van der Waals surface area (Å²) >= 11 is 0. The molecule has 0 aromatic rings. The van der Waals surface area contributed by atoms with E-state index >= 15 is 0 Å². The molecule has 0 saturated heterocycles. The van der Waals surface area contributed by atoms with Gasteiger partial charge in [0.25, 0.3) is 0 Å². The molecule has 0 aliphatic carbocycles. The molecule has 0 aromatic carbocycles. The smallest absolute Gasteiger partial charge is 0.00618 e. The first-order chi connectivity index (χ1) is 5.54. The molecule has 0 saturated carbocycles. The topological polar surface area (TPSA) is 26.0 Å². The van der Waals surface area contributed by atoms with Crippen molar-refractivity contribution < 1.29 is 0 Å². The second-order valence-corrected chi connectivity index (χ2v) is 4.59. The molecule has 12 heavy (non-hydrogen) atoms. The van der Waals surface area contributed by atoms with Crippen molar-refractivity contribution in [1.29, 1.82) is 0 Å². The van der Waals surface area contributed by atoms with E-state index in [4.69, 9.17) is 5.73 Å². The van der Waals surface area contributed by atoms with Gasteiger partial charge in [-0.1, -0.05) is 47.0 Å². The second-order valence-electron chi connectivity index (χ2n) is 4.59. The first kappa shape index (κ1) is 12.0. The van der Waals surface area contributed by atoms with E-state index in [1.807, 2.05) is 0 Å². The molecule has 0 aliphatic rings. The molecule has 1 atom stereocenters. The molecule has 0 aromatic heterocycles. The Morgan fingerprint density at radius 2 is 1.42 bits per heavy atom. The van der Waals surface area contributed by atoms with E-state index in [0.29, 0.717) is 12.0 Å². The van der Waals surface area contributed by atoms with Crippen molar-refractivity contribution in [2.45, 2.75) is 59.4 Å². The fourth-order valence-corrected chi connectivity index (χ4v) is 1.27. The SMILES string of the molecule is CC(C)CCCCC(N)C(C)C. The van der Waals surface area contributed by atoms with Crippen LogP contribution in [0.4, 0.5) is 0 Å². The maximum atomic E-state index is 5.93. The fourth-order valence-electron chi connectivity index (χ4n) is 1.27. The van der Waals surface area contributed by atoms with Gasteiger partial charge >= 0.3 is 0 Å². The predicted molar refractivity (Wildman–Crippen MR) is 56.1 cm³/mol. The summed E-state index contributed by atoms with van der Waals surface area (Å²) in [5.41, 5.74) is 5.93. The van der Waals surface area contributed by atoms with E-state index in [-0.39, 0.29) is 0 Å². The van der Waals surface area contributed by atoms with Gasteiger partial charge in [-0.15, -0.1) is 0 Å². The Kier molecular flexibility index (Phi) is 6.45. The Hall–Kier alpha value is -0.0400. The molecule has 1 heteroatoms. The van der Waals surface area contributed by atoms with Crippen LogP contribution >= 0.6 is 0 Å². The van der Waals surface area contributed by atoms with Crippen molar-refractivity contribution in [3.8, 4) is 0 Å². The van der Waals surface area contributed by atoms with Crippen LogP contribution in [-0.4, -0.2) is 6.04 Å². The van der Waals surface area contributed by atoms with Crippen molar-refractivity contribution >= 4 is 0 Å². The highest BCUT2D eigenvalue weighted by molar-refractivity contribution is 4.64. The molecule has 0 fully saturated rings. The van der Waals surface area contributed by atoms with E-state index in [1.54, 1.807) is 0 Å². The number of unbranched alkanes of at least 4 members (excludes halogenated alkanes) is 1. The number of hydrogen-bond donors (Lipinski definition) is 1. The summed E-state index contributed by atoms with van der Waals surface area (Å²) in [6.07, 6.45) is 5.20. The highest BCUT2D eigenvalue weighted by Crippen LogP contribution is 2.11. The molecule has 1 nitrogen and oxygen atoms in total. The minimum Gasteiger partial charge on any atom is -0.327 e. The van der Waals surface area contributed by atoms with Gasteiger partial charge in [0.15, 0.2) is 0 Å². The number of rotatable bonds is 6. The Morgan fingerprint density at radius 1 is 0.917 bits per heavy atom. The zero-order chi connectivity index (χ0) is 9.56. The Morgan fingerprint density at radius 3 is 1.83 bits per heavy atom. The van der Waals surface area contributed by atoms with E-state index in [0.717, 1.165) is 5.92 Å². The molecule has 2 N–H and O–H groups in total. The van der Waals surface area contributed by atoms with Crippen LogP contribution in [0.25, 0.3) is 0 Å². The Bertz CT molecular complexity index is 97.2. The van der Waals surface area contributed by atoms with Crippen molar-refractivity contribution in [2.75, 3.05) is 0 Å². The zero-order valence-corrected chi connectivity index (χ0v) is 9.14. The molecule has 1 unspecified atom stereocenters. The van der Waals surface area contributed by atoms with Gasteiger partial charge in [0.05, 0.1) is 0 Å². The molecule has 0 amide bonds. The van der Waals surface area contributed by atoms with Crippen molar-refractivity contribution in [3.05, 3.63) is 0 Å². The summed E-state index contributed by atoms with van der Waals surface area (Å²) in [6.45, 7) is 8.96. The lowest BCUT2D eigenvalue weighted by molar-refractivity contribution is 0.430. The van der Waals surface area contributed by atoms with Gasteiger partial charge in [-0.05, 0) is 18.3 Å². The molecular formula is C11H25N. The van der Waals surface area contributed by atoms with Crippen LogP contribution in [-0.2, 0) is 0 Å². The Labute approximate surface area is 77.7 Å². The molecule has 0 heterocycles. The van der Waals surface area contributed by atoms with Gasteiger partial charge < -0.3 is 5.73 Å². The first-order valence-electron chi connectivity index (χ1n) is 5.29. The van der Waals surface area contributed by atoms with Crippen LogP contribution in [0.5, 0.6) is 0 Å². The van der Waals surface area contributed by atoms with Crippen LogP contribution in [0, 0.1) is 11.8 Å². The Balaban J connectivity index is 3.20. The lowest BCUT2D eigenvalue weighted by Gasteiger charge is -2.15. The molecule has 0 radical (unpaired) electrons. The van der Waals surface area contributed by atoms with Crippen LogP contribution in [0.3, 0.4) is 0 Å². The highest BCUT2D eigenvalue weighted by Gasteiger charge is 2.06. The summed E-state index contributed by atoms with van der Waals surface area (Å²) < 4.78 is 0. The van der Waals surface area contributed by atoms with Crippen molar-refractivity contribution in [1.82, 2.24) is 0 Å². The van der Waals surface area contributed by atoms with Crippen molar-refractivity contribution in [2.24, 2.45) is 17.6 Å². The molecular weight excluding hydrogens is 146 g/mol. The number of nitrogens with two attached hydrogens (primary N) is 1. The average Bonchev–Trinajstić information content (AvgIpc) is 1.97. The normalized spacial score (nSPS) is 14.2. The maximum absolute atomic E-state index is 5.93. The van der Waals surface area contributed by atoms with Gasteiger partial charge in [0.1, 0.15) is 0 Å². The van der Waals surface area contributed by atoms with E-state index in [1.165, 1.54) is 25.7 Å². The standard InChI is InChI=1S/C11H25N/c1-9(2)7-5-6-8-11(12)10(3)4/h9-11H,5-8,12H2,1-4H3. The second kappa shape index (κ2) is 6.47. The maximum Gasteiger partial charge on any atom is 0.00618 e. The van der Waals surface area contributed by atoms with Crippen LogP contribution in [0.15, 0.2) is 0 Å². The minimum absolute atomic E-state index is 0.414.